The second kappa shape index (κ2) is 8.65. The normalized spacial score (nSPS) is 13.7. The van der Waals surface area contributed by atoms with Gasteiger partial charge in [-0.3, -0.25) is 0 Å². The summed E-state index contributed by atoms with van der Waals surface area (Å²) in [6.07, 6.45) is 3.93. The molecule has 0 aromatic carbocycles. The molecule has 3 heteroatoms. The number of rotatable bonds is 10. The van der Waals surface area contributed by atoms with E-state index < -0.39 is 0 Å². The van der Waals surface area contributed by atoms with Gasteiger partial charge in [0.05, 0.1) is 18.8 Å². The Morgan fingerprint density at radius 1 is 1.29 bits per heavy atom. The van der Waals surface area contributed by atoms with Crippen molar-refractivity contribution in [2.75, 3.05) is 20.3 Å². The van der Waals surface area contributed by atoms with Gasteiger partial charge in [0.2, 0.25) is 0 Å². The van der Waals surface area contributed by atoms with Gasteiger partial charge in [-0.15, -0.1) is 0 Å². The molecule has 0 bridgehead atoms. The number of ketones is 1. The Balaban J connectivity index is 3.67. The molecule has 0 saturated heterocycles. The molecule has 3 nitrogen and oxygen atoms in total. The molecule has 17 heavy (non-hydrogen) atoms. The quantitative estimate of drug-likeness (QED) is 0.554. The van der Waals surface area contributed by atoms with Crippen molar-refractivity contribution in [2.45, 2.75) is 59.0 Å². The van der Waals surface area contributed by atoms with Crippen molar-refractivity contribution in [3.63, 3.8) is 0 Å². The summed E-state index contributed by atoms with van der Waals surface area (Å²) < 4.78 is 10.7. The van der Waals surface area contributed by atoms with Crippen molar-refractivity contribution in [1.82, 2.24) is 0 Å². The SMILES string of the molecule is COCCOC(C)(C)CCCC(C)CC(C)=O. The van der Waals surface area contributed by atoms with Crippen LogP contribution in [0.25, 0.3) is 0 Å². The van der Waals surface area contributed by atoms with E-state index in [1.54, 1.807) is 14.0 Å². The highest BCUT2D eigenvalue weighted by Gasteiger charge is 2.18. The average Bonchev–Trinajstić information content (AvgIpc) is 2.16. The Morgan fingerprint density at radius 3 is 2.47 bits per heavy atom. The molecule has 0 amide bonds. The van der Waals surface area contributed by atoms with Crippen molar-refractivity contribution in [1.29, 1.82) is 0 Å². The number of ether oxygens (including phenoxy) is 2. The van der Waals surface area contributed by atoms with E-state index in [2.05, 4.69) is 20.8 Å². The van der Waals surface area contributed by atoms with Crippen molar-refractivity contribution in [2.24, 2.45) is 5.92 Å². The summed E-state index contributed by atoms with van der Waals surface area (Å²) in [5, 5.41) is 0. The molecule has 0 aromatic heterocycles. The van der Waals surface area contributed by atoms with Gasteiger partial charge in [-0.2, -0.15) is 0 Å². The lowest BCUT2D eigenvalue weighted by atomic mass is 9.94. The van der Waals surface area contributed by atoms with E-state index in [1.807, 2.05) is 0 Å². The van der Waals surface area contributed by atoms with E-state index in [0.29, 0.717) is 25.6 Å². The fourth-order valence-corrected chi connectivity index (χ4v) is 1.94. The number of carbonyl (C=O) groups is 1. The predicted molar refractivity (Wildman–Crippen MR) is 70.2 cm³/mol. The van der Waals surface area contributed by atoms with Gasteiger partial charge in [0, 0.05) is 13.5 Å². The minimum Gasteiger partial charge on any atom is -0.382 e. The lowest BCUT2D eigenvalue weighted by Crippen LogP contribution is -2.26. The molecule has 0 aliphatic carbocycles. The van der Waals surface area contributed by atoms with E-state index in [-0.39, 0.29) is 11.4 Å². The van der Waals surface area contributed by atoms with Crippen LogP contribution >= 0.6 is 0 Å². The van der Waals surface area contributed by atoms with Gasteiger partial charge in [0.25, 0.3) is 0 Å². The third-order valence-corrected chi connectivity index (χ3v) is 2.89. The third-order valence-electron chi connectivity index (χ3n) is 2.89. The highest BCUT2D eigenvalue weighted by molar-refractivity contribution is 5.75. The molecule has 0 spiro atoms. The molecule has 0 rings (SSSR count). The van der Waals surface area contributed by atoms with Crippen molar-refractivity contribution >= 4 is 5.78 Å². The molecule has 0 N–H and O–H groups in total. The number of carbonyl (C=O) groups excluding carboxylic acids is 1. The first-order chi connectivity index (χ1) is 7.87. The predicted octanol–water partition coefficient (Wildman–Crippen LogP) is 3.21. The van der Waals surface area contributed by atoms with Crippen molar-refractivity contribution in [3.05, 3.63) is 0 Å². The van der Waals surface area contributed by atoms with Gasteiger partial charge in [-0.25, -0.2) is 0 Å². The molecule has 0 fully saturated rings. The van der Waals surface area contributed by atoms with E-state index in [1.165, 1.54) is 0 Å². The molecule has 102 valence electrons. The number of hydrogen-bond donors (Lipinski definition) is 0. The second-order valence-electron chi connectivity index (χ2n) is 5.50. The largest absolute Gasteiger partial charge is 0.382 e. The van der Waals surface area contributed by atoms with Gasteiger partial charge in [-0.1, -0.05) is 19.8 Å². The Hall–Kier alpha value is -0.410. The monoisotopic (exact) mass is 244 g/mol. The smallest absolute Gasteiger partial charge is 0.130 e. The van der Waals surface area contributed by atoms with Crippen LogP contribution in [-0.4, -0.2) is 31.7 Å². The molecule has 0 aliphatic heterocycles. The number of hydrogen-bond acceptors (Lipinski definition) is 3. The average molecular weight is 244 g/mol. The molecule has 1 atom stereocenters. The van der Waals surface area contributed by atoms with Gasteiger partial charge in [-0.05, 0) is 33.1 Å². The van der Waals surface area contributed by atoms with E-state index >= 15 is 0 Å². The van der Waals surface area contributed by atoms with Gasteiger partial charge < -0.3 is 14.3 Å². The molecule has 0 saturated carbocycles. The maximum atomic E-state index is 11.0. The summed E-state index contributed by atoms with van der Waals surface area (Å²) in [7, 11) is 1.68. The molecule has 1 unspecified atom stereocenters. The van der Waals surface area contributed by atoms with Crippen molar-refractivity contribution < 1.29 is 14.3 Å². The first kappa shape index (κ1) is 16.6. The summed E-state index contributed by atoms with van der Waals surface area (Å²) in [4.78, 5) is 11.0. The summed E-state index contributed by atoms with van der Waals surface area (Å²) in [6, 6.07) is 0. The third kappa shape index (κ3) is 10.5. The van der Waals surface area contributed by atoms with Gasteiger partial charge >= 0.3 is 0 Å². The molecular weight excluding hydrogens is 216 g/mol. The Morgan fingerprint density at radius 2 is 1.94 bits per heavy atom. The highest BCUT2D eigenvalue weighted by atomic mass is 16.5. The van der Waals surface area contributed by atoms with Crippen LogP contribution in [0.2, 0.25) is 0 Å². The number of methoxy groups -OCH3 is 1. The van der Waals surface area contributed by atoms with Crippen LogP contribution in [0.3, 0.4) is 0 Å². The first-order valence-corrected chi connectivity index (χ1v) is 6.49. The minimum absolute atomic E-state index is 0.0888. The first-order valence-electron chi connectivity index (χ1n) is 6.49. The van der Waals surface area contributed by atoms with Crippen LogP contribution < -0.4 is 0 Å². The van der Waals surface area contributed by atoms with Crippen LogP contribution in [0.5, 0.6) is 0 Å². The van der Waals surface area contributed by atoms with E-state index in [4.69, 9.17) is 9.47 Å². The fourth-order valence-electron chi connectivity index (χ4n) is 1.94. The van der Waals surface area contributed by atoms with E-state index in [9.17, 15) is 4.79 Å². The van der Waals surface area contributed by atoms with Gasteiger partial charge in [0.1, 0.15) is 5.78 Å². The maximum absolute atomic E-state index is 11.0. The minimum atomic E-state index is -0.0888. The van der Waals surface area contributed by atoms with Gasteiger partial charge in [0.15, 0.2) is 0 Å². The number of Topliss-reactive ketones (excluding diaryl/α,β-unsaturated/α-hetero) is 1. The zero-order chi connectivity index (χ0) is 13.3. The Kier molecular flexibility index (Phi) is 8.44. The Bertz CT molecular complexity index is 212. The summed E-state index contributed by atoms with van der Waals surface area (Å²) in [6.45, 7) is 9.31. The summed E-state index contributed by atoms with van der Waals surface area (Å²) in [5.41, 5.74) is -0.0888. The summed E-state index contributed by atoms with van der Waals surface area (Å²) in [5.74, 6) is 0.773. The van der Waals surface area contributed by atoms with Crippen LogP contribution in [0.4, 0.5) is 0 Å². The van der Waals surface area contributed by atoms with Crippen LogP contribution in [0.1, 0.15) is 53.4 Å². The van der Waals surface area contributed by atoms with Crippen LogP contribution in [-0.2, 0) is 14.3 Å². The van der Waals surface area contributed by atoms with Crippen LogP contribution in [0, 0.1) is 5.92 Å². The fraction of sp³-hybridized carbons (Fsp3) is 0.929. The van der Waals surface area contributed by atoms with Crippen molar-refractivity contribution in [3.8, 4) is 0 Å². The lowest BCUT2D eigenvalue weighted by molar-refractivity contribution is -0.117. The topological polar surface area (TPSA) is 35.5 Å². The standard InChI is InChI=1S/C14H28O3/c1-12(11-13(2)15)7-6-8-14(3,4)17-10-9-16-5/h12H,6-11H2,1-5H3. The second-order valence-corrected chi connectivity index (χ2v) is 5.50. The Labute approximate surface area is 106 Å². The maximum Gasteiger partial charge on any atom is 0.130 e. The molecule has 0 aromatic rings. The summed E-state index contributed by atoms with van der Waals surface area (Å²) >= 11 is 0. The highest BCUT2D eigenvalue weighted by Crippen LogP contribution is 2.21. The lowest BCUT2D eigenvalue weighted by Gasteiger charge is -2.25. The molecule has 0 radical (unpaired) electrons. The zero-order valence-electron chi connectivity index (χ0n) is 12.0. The molecular formula is C14H28O3. The molecule has 0 heterocycles. The zero-order valence-corrected chi connectivity index (χ0v) is 12.0. The molecule has 0 aliphatic rings. The van der Waals surface area contributed by atoms with E-state index in [0.717, 1.165) is 19.3 Å². The van der Waals surface area contributed by atoms with Crippen LogP contribution in [0.15, 0.2) is 0 Å².